The second kappa shape index (κ2) is 11.4. The van der Waals surface area contributed by atoms with Crippen LogP contribution in [-0.4, -0.2) is 0 Å². The fourth-order valence-electron chi connectivity index (χ4n) is 12.7. The molecule has 0 aromatic heterocycles. The van der Waals surface area contributed by atoms with Gasteiger partial charge in [0.1, 0.15) is 11.9 Å². The molecular weight excluding hydrogens is 737 g/mol. The Labute approximate surface area is 359 Å². The Morgan fingerprint density at radius 3 is 1.39 bits per heavy atom. The standard InChI is InChI=1S/C60H50O/c1-57(2)45-23-19-33-13-9-11-15-37(33)55(45)43-31-49-41(29-51(43)57)39-21-17-35(27-47(39)59(49,5)6)53-25-26-54(61-53)36-18-22-40-42-30-52-44(32-50(42)60(7,8)48(40)28-36)56-38-16-12-10-14-34(38)20-24-46(56)58(52,3)4/h9-25,27-32,54H,26H2,1-8H3. The molecule has 1 atom stereocenters. The minimum Gasteiger partial charge on any atom is -0.485 e. The molecule has 1 aliphatic heterocycles. The quantitative estimate of drug-likeness (QED) is 0.170. The highest BCUT2D eigenvalue weighted by Crippen LogP contribution is 2.60. The van der Waals surface area contributed by atoms with E-state index in [1.165, 1.54) is 122 Å². The van der Waals surface area contributed by atoms with Crippen molar-refractivity contribution < 1.29 is 4.74 Å². The predicted molar refractivity (Wildman–Crippen MR) is 255 cm³/mol. The van der Waals surface area contributed by atoms with E-state index in [9.17, 15) is 0 Å². The lowest BCUT2D eigenvalue weighted by Gasteiger charge is -2.25. The molecule has 13 rings (SSSR count). The van der Waals surface area contributed by atoms with Gasteiger partial charge in [-0.05, 0) is 153 Å². The van der Waals surface area contributed by atoms with Crippen molar-refractivity contribution in [2.75, 3.05) is 0 Å². The third-order valence-corrected chi connectivity index (χ3v) is 16.2. The summed E-state index contributed by atoms with van der Waals surface area (Å²) in [4.78, 5) is 0. The summed E-state index contributed by atoms with van der Waals surface area (Å²) in [5, 5.41) is 5.32. The first kappa shape index (κ1) is 35.6. The van der Waals surface area contributed by atoms with Crippen LogP contribution in [0.5, 0.6) is 0 Å². The van der Waals surface area contributed by atoms with Crippen molar-refractivity contribution in [2.24, 2.45) is 0 Å². The average Bonchev–Trinajstić information content (AvgIpc) is 4.01. The van der Waals surface area contributed by atoms with E-state index >= 15 is 0 Å². The van der Waals surface area contributed by atoms with Gasteiger partial charge in [-0.2, -0.15) is 0 Å². The predicted octanol–water partition coefficient (Wildman–Crippen LogP) is 15.7. The van der Waals surface area contributed by atoms with Crippen LogP contribution in [0.25, 0.3) is 71.8 Å². The molecule has 8 aromatic carbocycles. The van der Waals surface area contributed by atoms with Crippen LogP contribution < -0.4 is 0 Å². The number of ether oxygens (including phenoxy) is 1. The summed E-state index contributed by atoms with van der Waals surface area (Å²) < 4.78 is 6.95. The molecule has 1 heterocycles. The van der Waals surface area contributed by atoms with Gasteiger partial charge in [0.05, 0.1) is 0 Å². The number of hydrogen-bond donors (Lipinski definition) is 0. The first-order valence-corrected chi connectivity index (χ1v) is 22.3. The van der Waals surface area contributed by atoms with E-state index in [1.807, 2.05) is 0 Å². The molecule has 61 heavy (non-hydrogen) atoms. The zero-order chi connectivity index (χ0) is 41.5. The topological polar surface area (TPSA) is 9.23 Å². The van der Waals surface area contributed by atoms with Crippen LogP contribution in [0.2, 0.25) is 0 Å². The Bertz CT molecular complexity index is 3360. The van der Waals surface area contributed by atoms with Crippen molar-refractivity contribution in [3.8, 4) is 44.5 Å². The Morgan fingerprint density at radius 2 is 0.836 bits per heavy atom. The molecule has 0 amide bonds. The minimum absolute atomic E-state index is 0.0134. The zero-order valence-electron chi connectivity index (χ0n) is 36.5. The van der Waals surface area contributed by atoms with Crippen molar-refractivity contribution in [3.05, 3.63) is 195 Å². The molecule has 0 radical (unpaired) electrons. The summed E-state index contributed by atoms with van der Waals surface area (Å²) in [7, 11) is 0. The summed E-state index contributed by atoms with van der Waals surface area (Å²) in [5.41, 5.74) is 24.5. The SMILES string of the molecule is CC1(C)c2cc(C3=CCC(c4ccc5c(c4)C(C)(C)c4cc6c(cc4-5)C(C)(C)c4ccc5ccccc5c4-6)O3)ccc2-c2cc3c(cc21)-c1c(ccc2ccccc12)C3(C)C. The summed E-state index contributed by atoms with van der Waals surface area (Å²) in [6.07, 6.45) is 3.17. The largest absolute Gasteiger partial charge is 0.485 e. The van der Waals surface area contributed by atoms with E-state index in [4.69, 9.17) is 4.74 Å². The van der Waals surface area contributed by atoms with Crippen LogP contribution >= 0.6 is 0 Å². The Morgan fingerprint density at radius 1 is 0.393 bits per heavy atom. The van der Waals surface area contributed by atoms with E-state index in [-0.39, 0.29) is 27.8 Å². The summed E-state index contributed by atoms with van der Waals surface area (Å²) in [6, 6.07) is 51.5. The van der Waals surface area contributed by atoms with Crippen molar-refractivity contribution in [2.45, 2.75) is 89.6 Å². The van der Waals surface area contributed by atoms with Gasteiger partial charge in [-0.3, -0.25) is 0 Å². The van der Waals surface area contributed by atoms with Gasteiger partial charge in [-0.1, -0.05) is 159 Å². The van der Waals surface area contributed by atoms with Crippen LogP contribution in [0.4, 0.5) is 0 Å². The van der Waals surface area contributed by atoms with Gasteiger partial charge in [0, 0.05) is 33.6 Å². The smallest absolute Gasteiger partial charge is 0.127 e. The molecule has 5 aliphatic rings. The number of hydrogen-bond acceptors (Lipinski definition) is 1. The lowest BCUT2D eigenvalue weighted by atomic mass is 9.79. The second-order valence-electron chi connectivity index (χ2n) is 20.8. The summed E-state index contributed by atoms with van der Waals surface area (Å²) in [5.74, 6) is 0.996. The highest BCUT2D eigenvalue weighted by Gasteiger charge is 2.44. The Kier molecular flexibility index (Phi) is 6.64. The molecule has 0 saturated heterocycles. The maximum atomic E-state index is 6.95. The molecule has 1 heteroatoms. The van der Waals surface area contributed by atoms with Gasteiger partial charge < -0.3 is 4.74 Å². The van der Waals surface area contributed by atoms with E-state index < -0.39 is 0 Å². The third-order valence-electron chi connectivity index (χ3n) is 16.2. The fourth-order valence-corrected chi connectivity index (χ4v) is 12.7. The molecule has 8 aromatic rings. The average molecular weight is 787 g/mol. The maximum Gasteiger partial charge on any atom is 0.127 e. The zero-order valence-corrected chi connectivity index (χ0v) is 36.5. The van der Waals surface area contributed by atoms with E-state index in [0.717, 1.165) is 12.2 Å². The van der Waals surface area contributed by atoms with Crippen molar-refractivity contribution in [3.63, 3.8) is 0 Å². The summed E-state index contributed by atoms with van der Waals surface area (Å²) in [6.45, 7) is 19.2. The van der Waals surface area contributed by atoms with Crippen LogP contribution in [-0.2, 0) is 26.4 Å². The van der Waals surface area contributed by atoms with E-state index in [0.29, 0.717) is 0 Å². The second-order valence-corrected chi connectivity index (χ2v) is 20.8. The third kappa shape index (κ3) is 4.42. The maximum absolute atomic E-state index is 6.95. The lowest BCUT2D eigenvalue weighted by molar-refractivity contribution is 0.194. The lowest BCUT2D eigenvalue weighted by Crippen LogP contribution is -2.17. The van der Waals surface area contributed by atoms with Crippen molar-refractivity contribution >= 4 is 27.3 Å². The molecule has 0 fully saturated rings. The van der Waals surface area contributed by atoms with Crippen LogP contribution in [0.1, 0.15) is 124 Å². The highest BCUT2D eigenvalue weighted by molar-refractivity contribution is 6.05. The van der Waals surface area contributed by atoms with E-state index in [2.05, 4.69) is 195 Å². The van der Waals surface area contributed by atoms with Crippen molar-refractivity contribution in [1.29, 1.82) is 0 Å². The molecule has 296 valence electrons. The molecule has 1 nitrogen and oxygen atoms in total. The minimum atomic E-state index is -0.142. The molecule has 0 bridgehead atoms. The first-order chi connectivity index (χ1) is 29.2. The molecular formula is C60H50O. The van der Waals surface area contributed by atoms with Gasteiger partial charge in [0.15, 0.2) is 0 Å². The van der Waals surface area contributed by atoms with Crippen LogP contribution in [0, 0.1) is 0 Å². The van der Waals surface area contributed by atoms with Gasteiger partial charge in [0.25, 0.3) is 0 Å². The van der Waals surface area contributed by atoms with E-state index in [1.54, 1.807) is 0 Å². The summed E-state index contributed by atoms with van der Waals surface area (Å²) >= 11 is 0. The van der Waals surface area contributed by atoms with Gasteiger partial charge in [-0.25, -0.2) is 0 Å². The number of fused-ring (bicyclic) bond motifs is 16. The van der Waals surface area contributed by atoms with Crippen LogP contribution in [0.15, 0.2) is 140 Å². The Balaban J connectivity index is 0.821. The monoisotopic (exact) mass is 786 g/mol. The number of rotatable bonds is 2. The van der Waals surface area contributed by atoms with Crippen molar-refractivity contribution in [1.82, 2.24) is 0 Å². The van der Waals surface area contributed by atoms with Gasteiger partial charge in [-0.15, -0.1) is 0 Å². The van der Waals surface area contributed by atoms with Crippen LogP contribution in [0.3, 0.4) is 0 Å². The molecule has 0 spiro atoms. The Hall–Kier alpha value is -6.18. The van der Waals surface area contributed by atoms with Gasteiger partial charge in [0.2, 0.25) is 0 Å². The van der Waals surface area contributed by atoms with Gasteiger partial charge >= 0.3 is 0 Å². The fraction of sp³-hybridized carbons (Fsp3) is 0.233. The molecule has 0 N–H and O–H groups in total. The molecule has 4 aliphatic carbocycles. The normalized spacial score (nSPS) is 19.3. The first-order valence-electron chi connectivity index (χ1n) is 22.3. The molecule has 1 unspecified atom stereocenters. The highest BCUT2D eigenvalue weighted by atomic mass is 16.5. The molecule has 0 saturated carbocycles. The number of benzene rings is 8.